The summed E-state index contributed by atoms with van der Waals surface area (Å²) in [5.41, 5.74) is -0.138. The standard InChI is InChI=1S/C7H4FO2.2Li/c8-6-3-1-5(2-4-6)7(9)10;;/h1,3-4H,(H,9,10);;/q-1;2*+1/p-1. The maximum Gasteiger partial charge on any atom is 1.00 e. The van der Waals surface area contributed by atoms with Gasteiger partial charge in [-0.2, -0.15) is 0 Å². The number of aromatic carboxylic acids is 1. The van der Waals surface area contributed by atoms with Gasteiger partial charge in [-0.3, -0.25) is 4.39 Å². The molecule has 0 atom stereocenters. The number of carboxylic acids is 1. The van der Waals surface area contributed by atoms with Crippen LogP contribution in [0.5, 0.6) is 0 Å². The van der Waals surface area contributed by atoms with Crippen LogP contribution in [0, 0.1) is 11.9 Å². The third-order valence-electron chi connectivity index (χ3n) is 0.995. The Morgan fingerprint density at radius 2 is 2.00 bits per heavy atom. The minimum absolute atomic E-state index is 0. The minimum Gasteiger partial charge on any atom is -0.603 e. The average Bonchev–Trinajstić information content (AvgIpc) is 1.88. The van der Waals surface area contributed by atoms with Gasteiger partial charge in [0.05, 0.1) is 0 Å². The summed E-state index contributed by atoms with van der Waals surface area (Å²) in [6.07, 6.45) is 0. The summed E-state index contributed by atoms with van der Waals surface area (Å²) >= 11 is 0. The SMILES string of the molecule is O=C([O-])c1[c-]cc(F)cc1.[Li+].[Li+]. The van der Waals surface area contributed by atoms with E-state index in [0.29, 0.717) is 0 Å². The predicted molar refractivity (Wildman–Crippen MR) is 29.6 cm³/mol. The Labute approximate surface area is 93.5 Å². The van der Waals surface area contributed by atoms with Crippen LogP contribution in [0.15, 0.2) is 18.2 Å². The van der Waals surface area contributed by atoms with Gasteiger partial charge in [-0.1, -0.05) is 0 Å². The molecule has 0 aliphatic rings. The van der Waals surface area contributed by atoms with Gasteiger partial charge in [0.2, 0.25) is 0 Å². The Hall–Kier alpha value is -0.185. The maximum atomic E-state index is 12.1. The van der Waals surface area contributed by atoms with Crippen molar-refractivity contribution in [2.75, 3.05) is 0 Å². The molecule has 0 saturated heterocycles. The van der Waals surface area contributed by atoms with Crippen molar-refractivity contribution in [2.24, 2.45) is 0 Å². The zero-order chi connectivity index (χ0) is 7.56. The van der Waals surface area contributed by atoms with Crippen LogP contribution in [0.3, 0.4) is 0 Å². The Kier molecular flexibility index (Phi) is 7.58. The summed E-state index contributed by atoms with van der Waals surface area (Å²) in [5, 5.41) is 10.0. The molecule has 1 rings (SSSR count). The fourth-order valence-corrected chi connectivity index (χ4v) is 0.533. The van der Waals surface area contributed by atoms with Crippen molar-refractivity contribution < 1.29 is 52.0 Å². The van der Waals surface area contributed by atoms with Crippen molar-refractivity contribution >= 4 is 5.97 Å². The fraction of sp³-hybridized carbons (Fsp3) is 0. The van der Waals surface area contributed by atoms with Gasteiger partial charge in [0.25, 0.3) is 0 Å². The van der Waals surface area contributed by atoms with Gasteiger partial charge < -0.3 is 9.90 Å². The average molecular weight is 152 g/mol. The first-order valence-corrected chi connectivity index (χ1v) is 2.59. The number of hydrogen-bond donors (Lipinski definition) is 0. The first-order valence-electron chi connectivity index (χ1n) is 2.59. The molecule has 0 aromatic heterocycles. The molecule has 0 bridgehead atoms. The van der Waals surface area contributed by atoms with E-state index in [1.807, 2.05) is 0 Å². The fourth-order valence-electron chi connectivity index (χ4n) is 0.533. The molecule has 52 valence electrons. The van der Waals surface area contributed by atoms with E-state index in [9.17, 15) is 14.3 Å². The van der Waals surface area contributed by atoms with Gasteiger partial charge in [0, 0.05) is 5.82 Å². The van der Waals surface area contributed by atoms with Crippen LogP contribution in [-0.2, 0) is 0 Å². The topological polar surface area (TPSA) is 40.1 Å². The van der Waals surface area contributed by atoms with Crippen LogP contribution in [0.4, 0.5) is 4.39 Å². The molecule has 0 radical (unpaired) electrons. The maximum absolute atomic E-state index is 12.1. The van der Waals surface area contributed by atoms with Crippen molar-refractivity contribution in [3.8, 4) is 0 Å². The molecule has 0 aliphatic heterocycles. The molecule has 0 amide bonds. The number of benzene rings is 1. The molecule has 0 aliphatic carbocycles. The zero-order valence-corrected chi connectivity index (χ0v) is 6.93. The molecule has 1 aromatic rings. The van der Waals surface area contributed by atoms with E-state index in [1.165, 1.54) is 0 Å². The molecule has 0 fully saturated rings. The van der Waals surface area contributed by atoms with Crippen LogP contribution in [0.1, 0.15) is 10.4 Å². The number of carboxylic acid groups (broad SMARTS) is 1. The Morgan fingerprint density at radius 1 is 1.42 bits per heavy atom. The molecule has 0 saturated carbocycles. The van der Waals surface area contributed by atoms with Crippen molar-refractivity contribution in [2.45, 2.75) is 0 Å². The number of carbonyl (C=O) groups excluding carboxylic acids is 1. The molecule has 0 unspecified atom stereocenters. The molecule has 1 aromatic carbocycles. The number of hydrogen-bond acceptors (Lipinski definition) is 2. The Bertz CT molecular complexity index is 248. The Morgan fingerprint density at radius 3 is 2.33 bits per heavy atom. The minimum atomic E-state index is -1.35. The van der Waals surface area contributed by atoms with Crippen LogP contribution in [0.2, 0.25) is 0 Å². The molecule has 2 nitrogen and oxygen atoms in total. The van der Waals surface area contributed by atoms with E-state index >= 15 is 0 Å². The van der Waals surface area contributed by atoms with Crippen molar-refractivity contribution in [1.82, 2.24) is 0 Å². The van der Waals surface area contributed by atoms with Crippen molar-refractivity contribution in [1.29, 1.82) is 0 Å². The number of rotatable bonds is 1. The molecular formula is C7H3FLi2O2. The first kappa shape index (κ1) is 14.3. The largest absolute Gasteiger partial charge is 1.00 e. The van der Waals surface area contributed by atoms with Crippen molar-refractivity contribution in [3.05, 3.63) is 35.6 Å². The number of halogens is 1. The Balaban J connectivity index is 0. The van der Waals surface area contributed by atoms with E-state index in [4.69, 9.17) is 0 Å². The van der Waals surface area contributed by atoms with E-state index in [-0.39, 0.29) is 43.3 Å². The van der Waals surface area contributed by atoms with Crippen LogP contribution in [0.25, 0.3) is 0 Å². The van der Waals surface area contributed by atoms with Gasteiger partial charge in [-0.05, 0) is 5.97 Å². The zero-order valence-electron chi connectivity index (χ0n) is 6.93. The molecule has 0 N–H and O–H groups in total. The number of carbonyl (C=O) groups is 1. The molecule has 0 spiro atoms. The monoisotopic (exact) mass is 152 g/mol. The van der Waals surface area contributed by atoms with Gasteiger partial charge in [0.15, 0.2) is 0 Å². The van der Waals surface area contributed by atoms with Gasteiger partial charge in [-0.25, -0.2) is 0 Å². The van der Waals surface area contributed by atoms with E-state index in [0.717, 1.165) is 18.2 Å². The normalized spacial score (nSPS) is 7.75. The van der Waals surface area contributed by atoms with Crippen LogP contribution >= 0.6 is 0 Å². The van der Waals surface area contributed by atoms with Gasteiger partial charge in [0.1, 0.15) is 0 Å². The van der Waals surface area contributed by atoms with E-state index in [2.05, 4.69) is 6.07 Å². The van der Waals surface area contributed by atoms with Gasteiger partial charge >= 0.3 is 37.7 Å². The smallest absolute Gasteiger partial charge is 0.603 e. The summed E-state index contributed by atoms with van der Waals surface area (Å²) in [6.45, 7) is 0. The van der Waals surface area contributed by atoms with E-state index < -0.39 is 11.8 Å². The second-order valence-electron chi connectivity index (χ2n) is 1.71. The van der Waals surface area contributed by atoms with E-state index in [1.54, 1.807) is 0 Å². The summed E-state index contributed by atoms with van der Waals surface area (Å²) in [7, 11) is 0. The van der Waals surface area contributed by atoms with Gasteiger partial charge in [-0.15, -0.1) is 29.8 Å². The summed E-state index contributed by atoms with van der Waals surface area (Å²) < 4.78 is 12.1. The summed E-state index contributed by atoms with van der Waals surface area (Å²) in [5.74, 6) is -1.86. The second-order valence-corrected chi connectivity index (χ2v) is 1.71. The first-order chi connectivity index (χ1) is 4.70. The third kappa shape index (κ3) is 4.00. The molecular weight excluding hydrogens is 149 g/mol. The van der Waals surface area contributed by atoms with Crippen LogP contribution in [-0.4, -0.2) is 5.97 Å². The molecule has 0 heterocycles. The third-order valence-corrected chi connectivity index (χ3v) is 0.995. The predicted octanol–water partition coefficient (Wildman–Crippen LogP) is -6.00. The molecule has 12 heavy (non-hydrogen) atoms. The second kappa shape index (κ2) is 6.34. The quantitative estimate of drug-likeness (QED) is 0.297. The van der Waals surface area contributed by atoms with Crippen LogP contribution < -0.4 is 42.8 Å². The summed E-state index contributed by atoms with van der Waals surface area (Å²) in [4.78, 5) is 10.0. The van der Waals surface area contributed by atoms with Crippen molar-refractivity contribution in [3.63, 3.8) is 0 Å². The summed E-state index contributed by atoms with van der Waals surface area (Å²) in [6, 6.07) is 5.29. The molecule has 5 heteroatoms.